The van der Waals surface area contributed by atoms with Crippen LogP contribution < -0.4 is 15.0 Å². The molecular formula is C41H53N2O6-. The Morgan fingerprint density at radius 1 is 0.939 bits per heavy atom. The number of allylic oxidation sites excluding steroid dienone is 2. The number of hydrogen-bond donors (Lipinski definition) is 5. The number of aliphatic hydroxyl groups excluding tert-OH is 1. The van der Waals surface area contributed by atoms with Gasteiger partial charge in [0.25, 0.3) is 0 Å². The Labute approximate surface area is 290 Å². The van der Waals surface area contributed by atoms with E-state index in [1.54, 1.807) is 18.5 Å². The lowest BCUT2D eigenvalue weighted by Crippen LogP contribution is -2.44. The van der Waals surface area contributed by atoms with Gasteiger partial charge in [-0.15, -0.1) is 0 Å². The normalized spacial score (nSPS) is 29.1. The Hall–Kier alpha value is -3.46. The van der Waals surface area contributed by atoms with Crippen molar-refractivity contribution >= 4 is 0 Å². The molecule has 0 spiro atoms. The van der Waals surface area contributed by atoms with E-state index in [2.05, 4.69) is 34.6 Å². The Bertz CT molecular complexity index is 1580. The molecule has 3 aromatic rings. The van der Waals surface area contributed by atoms with Crippen molar-refractivity contribution in [3.8, 4) is 23.0 Å². The number of nitrogens with zero attached hydrogens (tertiary/aromatic N) is 1. The number of phenolic OH excluding ortho intramolecular Hbond substituents is 3. The van der Waals surface area contributed by atoms with Crippen molar-refractivity contribution in [2.75, 3.05) is 13.7 Å². The summed E-state index contributed by atoms with van der Waals surface area (Å²) in [6, 6.07) is 10.3. The SMILES string of the molecule is COc1c(O)c(O)cc([C@@H]2C[C@H](O)[C@@H]3CC[C@@H](c4ccc(O)c([C@H]5C=CC[C@@H](CCNC6CCCCC6)C5)c4)C[C@@H]3O2)c1Cc1cc[n-]c1. The fraction of sp³-hybridized carbons (Fsp3) is 0.561. The highest BCUT2D eigenvalue weighted by Gasteiger charge is 2.43. The average Bonchev–Trinajstić information content (AvgIpc) is 3.64. The van der Waals surface area contributed by atoms with Gasteiger partial charge in [0.05, 0.1) is 25.4 Å². The average molecular weight is 670 g/mol. The van der Waals surface area contributed by atoms with Gasteiger partial charge in [0.2, 0.25) is 5.75 Å². The Morgan fingerprint density at radius 3 is 2.59 bits per heavy atom. The number of aromatic hydroxyl groups is 3. The molecule has 7 rings (SSSR count). The highest BCUT2D eigenvalue weighted by molar-refractivity contribution is 5.59. The van der Waals surface area contributed by atoms with Crippen molar-refractivity contribution in [3.63, 3.8) is 0 Å². The molecule has 7 atom stereocenters. The molecule has 0 bridgehead atoms. The van der Waals surface area contributed by atoms with Gasteiger partial charge in [0, 0.05) is 35.4 Å². The standard InChI is InChI=1S/C41H53N2O6/c1-48-41-34(19-26-14-16-42-24-26)33(22-37(46)40(41)47)39-23-36(45)31-12-10-28(21-38(31)49-39)27-11-13-35(44)32(20-27)29-7-5-6-25(18-29)15-17-43-30-8-3-2-4-9-30/h5,7,11,13-14,16,20,22,24-25,28-31,36,38-39,43-47H,2-4,6,8-10,12,15,17-19,21,23H2,1H3/q-1/t25-,28+,29-,31-,36-,38-,39-/m0/s1. The largest absolute Gasteiger partial charge is 0.670 e. The van der Waals surface area contributed by atoms with E-state index in [-0.39, 0.29) is 41.1 Å². The van der Waals surface area contributed by atoms with Crippen molar-refractivity contribution in [2.24, 2.45) is 11.8 Å². The second-order valence-corrected chi connectivity index (χ2v) is 15.1. The molecule has 3 aliphatic carbocycles. The fourth-order valence-electron chi connectivity index (χ4n) is 9.28. The minimum absolute atomic E-state index is 0.0312. The van der Waals surface area contributed by atoms with E-state index >= 15 is 0 Å². The van der Waals surface area contributed by atoms with Crippen molar-refractivity contribution in [1.82, 2.24) is 10.3 Å². The van der Waals surface area contributed by atoms with Crippen LogP contribution in [-0.2, 0) is 11.2 Å². The van der Waals surface area contributed by atoms with E-state index in [1.165, 1.54) is 51.2 Å². The summed E-state index contributed by atoms with van der Waals surface area (Å²) in [6.45, 7) is 1.07. The first-order valence-corrected chi connectivity index (χ1v) is 18.6. The fourth-order valence-corrected chi connectivity index (χ4v) is 9.28. The molecule has 3 fully saturated rings. The topological polar surface area (TPSA) is 126 Å². The second kappa shape index (κ2) is 15.2. The number of aromatic nitrogens is 1. The van der Waals surface area contributed by atoms with Crippen molar-refractivity contribution in [3.05, 3.63) is 82.7 Å². The number of ether oxygens (including phenoxy) is 2. The maximum atomic E-state index is 11.4. The highest BCUT2D eigenvalue weighted by Crippen LogP contribution is 2.50. The van der Waals surface area contributed by atoms with E-state index in [4.69, 9.17) is 9.47 Å². The first kappa shape index (κ1) is 34.0. The van der Waals surface area contributed by atoms with Crippen molar-refractivity contribution < 1.29 is 29.9 Å². The van der Waals surface area contributed by atoms with Gasteiger partial charge in [0.15, 0.2) is 11.5 Å². The minimum Gasteiger partial charge on any atom is -0.670 e. The van der Waals surface area contributed by atoms with Gasteiger partial charge in [-0.25, -0.2) is 0 Å². The quantitative estimate of drug-likeness (QED) is 0.111. The summed E-state index contributed by atoms with van der Waals surface area (Å²) in [5, 5.41) is 47.6. The maximum absolute atomic E-state index is 11.4. The third-order valence-corrected chi connectivity index (χ3v) is 12.0. The summed E-state index contributed by atoms with van der Waals surface area (Å²) >= 11 is 0. The summed E-state index contributed by atoms with van der Waals surface area (Å²) in [4.78, 5) is 4.19. The first-order valence-electron chi connectivity index (χ1n) is 18.6. The van der Waals surface area contributed by atoms with Crippen LogP contribution in [0.1, 0.15) is 123 Å². The van der Waals surface area contributed by atoms with Crippen LogP contribution >= 0.6 is 0 Å². The summed E-state index contributed by atoms with van der Waals surface area (Å²) in [6.07, 6.45) is 20.4. The number of nitrogens with one attached hydrogen (secondary N) is 1. The molecular weight excluding hydrogens is 616 g/mol. The van der Waals surface area contributed by atoms with Crippen LogP contribution in [0, 0.1) is 11.8 Å². The number of benzene rings is 2. The number of rotatable bonds is 10. The predicted octanol–water partition coefficient (Wildman–Crippen LogP) is 7.50. The summed E-state index contributed by atoms with van der Waals surface area (Å²) in [5.41, 5.74) is 4.62. The lowest BCUT2D eigenvalue weighted by Gasteiger charge is -2.45. The molecule has 49 heavy (non-hydrogen) atoms. The first-order chi connectivity index (χ1) is 23.9. The molecule has 0 radical (unpaired) electrons. The van der Waals surface area contributed by atoms with E-state index in [0.29, 0.717) is 36.1 Å². The van der Waals surface area contributed by atoms with Crippen molar-refractivity contribution in [2.45, 2.75) is 120 Å². The number of methoxy groups -OCH3 is 1. The summed E-state index contributed by atoms with van der Waals surface area (Å²) in [5.74, 6) is 1.10. The number of fused-ring (bicyclic) bond motifs is 1. The molecule has 0 amide bonds. The molecule has 8 heteroatoms. The Kier molecular flexibility index (Phi) is 10.5. The van der Waals surface area contributed by atoms with Crippen molar-refractivity contribution in [1.29, 1.82) is 0 Å². The lowest BCUT2D eigenvalue weighted by molar-refractivity contribution is -0.154. The maximum Gasteiger partial charge on any atom is 0.200 e. The minimum atomic E-state index is -0.549. The summed E-state index contributed by atoms with van der Waals surface area (Å²) in [7, 11) is 1.48. The third-order valence-electron chi connectivity index (χ3n) is 12.0. The van der Waals surface area contributed by atoms with Crippen LogP contribution in [0.2, 0.25) is 0 Å². The molecule has 1 aromatic heterocycles. The number of hydrogen-bond acceptors (Lipinski definition) is 7. The van der Waals surface area contributed by atoms with Crippen LogP contribution in [0.25, 0.3) is 0 Å². The zero-order valence-electron chi connectivity index (χ0n) is 28.8. The van der Waals surface area contributed by atoms with Gasteiger partial charge in [-0.2, -0.15) is 12.4 Å². The van der Waals surface area contributed by atoms with Gasteiger partial charge in [-0.1, -0.05) is 55.2 Å². The van der Waals surface area contributed by atoms with Crippen LogP contribution in [0.3, 0.4) is 0 Å². The molecule has 8 nitrogen and oxygen atoms in total. The smallest absolute Gasteiger partial charge is 0.200 e. The van der Waals surface area contributed by atoms with E-state index < -0.39 is 12.2 Å². The molecule has 1 saturated heterocycles. The molecule has 5 N–H and O–H groups in total. The number of aliphatic hydroxyl groups is 1. The predicted molar refractivity (Wildman–Crippen MR) is 189 cm³/mol. The molecule has 2 saturated carbocycles. The molecule has 4 aliphatic rings. The van der Waals surface area contributed by atoms with Gasteiger partial charge >= 0.3 is 0 Å². The molecule has 0 unspecified atom stereocenters. The van der Waals surface area contributed by atoms with Gasteiger partial charge < -0.3 is 40.2 Å². The molecule has 264 valence electrons. The molecule has 2 heterocycles. The Balaban J connectivity index is 1.05. The van der Waals surface area contributed by atoms with Gasteiger partial charge in [0.1, 0.15) is 5.75 Å². The zero-order valence-corrected chi connectivity index (χ0v) is 28.8. The lowest BCUT2D eigenvalue weighted by atomic mass is 9.71. The van der Waals surface area contributed by atoms with E-state index in [9.17, 15) is 20.4 Å². The zero-order chi connectivity index (χ0) is 33.9. The van der Waals surface area contributed by atoms with Crippen LogP contribution in [0.4, 0.5) is 0 Å². The van der Waals surface area contributed by atoms with E-state index in [0.717, 1.165) is 55.3 Å². The summed E-state index contributed by atoms with van der Waals surface area (Å²) < 4.78 is 12.4. The third kappa shape index (κ3) is 7.52. The van der Waals surface area contributed by atoms with Crippen LogP contribution in [0.5, 0.6) is 23.0 Å². The molecule has 1 aliphatic heterocycles. The van der Waals surface area contributed by atoms with Crippen LogP contribution in [-0.4, -0.2) is 52.3 Å². The van der Waals surface area contributed by atoms with E-state index in [1.807, 2.05) is 12.1 Å². The number of phenols is 3. The monoisotopic (exact) mass is 669 g/mol. The Morgan fingerprint density at radius 2 is 1.80 bits per heavy atom. The van der Waals surface area contributed by atoms with Crippen LogP contribution in [0.15, 0.2) is 54.9 Å². The highest BCUT2D eigenvalue weighted by atomic mass is 16.5. The molecule has 2 aromatic carbocycles. The van der Waals surface area contributed by atoms with Gasteiger partial charge in [-0.05, 0) is 99.4 Å². The van der Waals surface area contributed by atoms with Gasteiger partial charge in [-0.3, -0.25) is 0 Å². The second-order valence-electron chi connectivity index (χ2n) is 15.1.